The summed E-state index contributed by atoms with van der Waals surface area (Å²) in [6.07, 6.45) is 4.49. The van der Waals surface area contributed by atoms with Crippen LogP contribution in [0.25, 0.3) is 21.7 Å². The lowest BCUT2D eigenvalue weighted by molar-refractivity contribution is -0.121. The van der Waals surface area contributed by atoms with Gasteiger partial charge in [0.15, 0.2) is 0 Å². The van der Waals surface area contributed by atoms with Gasteiger partial charge in [-0.15, -0.1) is 0 Å². The first-order valence-electron chi connectivity index (χ1n) is 11.0. The Morgan fingerprint density at radius 2 is 1.61 bits per heavy atom. The van der Waals surface area contributed by atoms with Crippen molar-refractivity contribution in [3.8, 4) is 0 Å². The Labute approximate surface area is 191 Å². The van der Waals surface area contributed by atoms with Crippen molar-refractivity contribution in [1.29, 1.82) is 0 Å². The van der Waals surface area contributed by atoms with Crippen LogP contribution in [0.1, 0.15) is 11.1 Å². The van der Waals surface area contributed by atoms with E-state index >= 15 is 0 Å². The Balaban J connectivity index is 1.26. The van der Waals surface area contributed by atoms with E-state index in [-0.39, 0.29) is 18.0 Å². The first-order chi connectivity index (χ1) is 16.2. The molecular weight excluding hydrogens is 412 g/mol. The lowest BCUT2D eigenvalue weighted by Crippen LogP contribution is -2.34. The number of carbonyl (C=O) groups is 1. The first kappa shape index (κ1) is 20.7. The van der Waals surface area contributed by atoms with Gasteiger partial charge in [0.25, 0.3) is 5.56 Å². The van der Waals surface area contributed by atoms with Crippen LogP contribution in [-0.2, 0) is 24.3 Å². The van der Waals surface area contributed by atoms with Gasteiger partial charge in [-0.3, -0.25) is 9.59 Å². The number of fused-ring (bicyclic) bond motifs is 2. The van der Waals surface area contributed by atoms with Gasteiger partial charge in [0, 0.05) is 35.6 Å². The molecule has 0 aliphatic carbocycles. The second kappa shape index (κ2) is 9.12. The molecule has 0 bridgehead atoms. The zero-order valence-electron chi connectivity index (χ0n) is 18.1. The molecule has 0 unspecified atom stereocenters. The topological polar surface area (TPSA) is 68.9 Å². The molecule has 2 heterocycles. The molecule has 6 nitrogen and oxygen atoms in total. The summed E-state index contributed by atoms with van der Waals surface area (Å²) in [6, 6.07) is 25.9. The zero-order valence-corrected chi connectivity index (χ0v) is 18.1. The summed E-state index contributed by atoms with van der Waals surface area (Å²) in [5.41, 5.74) is 3.34. The molecule has 0 saturated carbocycles. The summed E-state index contributed by atoms with van der Waals surface area (Å²) in [4.78, 5) is 25.1. The number of aromatic nitrogens is 3. The summed E-state index contributed by atoms with van der Waals surface area (Å²) in [5, 5.41) is 9.59. The average molecular weight is 437 g/mol. The van der Waals surface area contributed by atoms with Crippen LogP contribution in [0.2, 0.25) is 0 Å². The number of nitrogens with one attached hydrogen (secondary N) is 1. The van der Waals surface area contributed by atoms with Gasteiger partial charge in [0.1, 0.15) is 6.54 Å². The molecule has 0 saturated heterocycles. The molecule has 5 aromatic rings. The standard InChI is InChI=1S/C27H24N4O2/c32-26(19-31-27(33)24-12-5-4-10-21(24)16-29-31)28-15-14-22-18-30(17-20-8-2-1-3-9-20)25-13-7-6-11-23(22)25/h1-13,16,18H,14-15,17,19H2,(H,28,32). The molecule has 1 N–H and O–H groups in total. The minimum Gasteiger partial charge on any atom is -0.354 e. The van der Waals surface area contributed by atoms with Crippen LogP contribution in [0, 0.1) is 0 Å². The van der Waals surface area contributed by atoms with Crippen LogP contribution >= 0.6 is 0 Å². The van der Waals surface area contributed by atoms with E-state index in [1.807, 2.05) is 48.5 Å². The molecule has 0 fully saturated rings. The number of hydrogen-bond donors (Lipinski definition) is 1. The van der Waals surface area contributed by atoms with E-state index in [0.29, 0.717) is 18.4 Å². The molecule has 6 heteroatoms. The van der Waals surface area contributed by atoms with Gasteiger partial charge in [-0.2, -0.15) is 5.10 Å². The van der Waals surface area contributed by atoms with Crippen molar-refractivity contribution < 1.29 is 4.79 Å². The van der Waals surface area contributed by atoms with Gasteiger partial charge in [-0.1, -0.05) is 66.7 Å². The number of nitrogens with zero attached hydrogens (tertiary/aromatic N) is 3. The van der Waals surface area contributed by atoms with Gasteiger partial charge in [0.05, 0.1) is 11.6 Å². The van der Waals surface area contributed by atoms with Gasteiger partial charge in [0.2, 0.25) is 5.91 Å². The van der Waals surface area contributed by atoms with Crippen LogP contribution in [-0.4, -0.2) is 26.8 Å². The Morgan fingerprint density at radius 1 is 0.879 bits per heavy atom. The third kappa shape index (κ3) is 4.41. The molecule has 164 valence electrons. The number of carbonyl (C=O) groups excluding carboxylic acids is 1. The molecule has 0 aliphatic heterocycles. The fourth-order valence-corrected chi connectivity index (χ4v) is 4.20. The van der Waals surface area contributed by atoms with Crippen molar-refractivity contribution in [2.24, 2.45) is 0 Å². The van der Waals surface area contributed by atoms with E-state index in [2.05, 4.69) is 45.4 Å². The maximum absolute atomic E-state index is 12.6. The highest BCUT2D eigenvalue weighted by molar-refractivity contribution is 5.84. The summed E-state index contributed by atoms with van der Waals surface area (Å²) in [7, 11) is 0. The highest BCUT2D eigenvalue weighted by atomic mass is 16.2. The zero-order chi connectivity index (χ0) is 22.6. The molecule has 2 aromatic heterocycles. The molecule has 0 radical (unpaired) electrons. The highest BCUT2D eigenvalue weighted by Gasteiger charge is 2.11. The van der Waals surface area contributed by atoms with Crippen molar-refractivity contribution >= 4 is 27.6 Å². The van der Waals surface area contributed by atoms with Crippen LogP contribution < -0.4 is 10.9 Å². The van der Waals surface area contributed by atoms with E-state index in [9.17, 15) is 9.59 Å². The van der Waals surface area contributed by atoms with E-state index in [4.69, 9.17) is 0 Å². The lowest BCUT2D eigenvalue weighted by atomic mass is 10.1. The Kier molecular flexibility index (Phi) is 5.72. The minimum absolute atomic E-state index is 0.0978. The van der Waals surface area contributed by atoms with E-state index in [1.54, 1.807) is 12.3 Å². The van der Waals surface area contributed by atoms with Gasteiger partial charge < -0.3 is 9.88 Å². The Morgan fingerprint density at radius 3 is 2.45 bits per heavy atom. The quantitative estimate of drug-likeness (QED) is 0.422. The second-order valence-electron chi connectivity index (χ2n) is 8.08. The van der Waals surface area contributed by atoms with Crippen molar-refractivity contribution in [1.82, 2.24) is 19.7 Å². The molecule has 33 heavy (non-hydrogen) atoms. The second-order valence-corrected chi connectivity index (χ2v) is 8.08. The van der Waals surface area contributed by atoms with Crippen LogP contribution in [0.15, 0.2) is 96.1 Å². The van der Waals surface area contributed by atoms with Gasteiger partial charge in [-0.05, 0) is 29.7 Å². The van der Waals surface area contributed by atoms with Crippen LogP contribution in [0.5, 0.6) is 0 Å². The number of rotatable bonds is 7. The lowest BCUT2D eigenvalue weighted by Gasteiger charge is -2.07. The summed E-state index contributed by atoms with van der Waals surface area (Å²) >= 11 is 0. The predicted octanol–water partition coefficient (Wildman–Crippen LogP) is 3.76. The number of amides is 1. The fourth-order valence-electron chi connectivity index (χ4n) is 4.20. The molecule has 0 spiro atoms. The highest BCUT2D eigenvalue weighted by Crippen LogP contribution is 2.22. The monoisotopic (exact) mass is 436 g/mol. The number of para-hydroxylation sites is 1. The van der Waals surface area contributed by atoms with Crippen molar-refractivity contribution in [3.63, 3.8) is 0 Å². The maximum atomic E-state index is 12.6. The fraction of sp³-hybridized carbons (Fsp3) is 0.148. The summed E-state index contributed by atoms with van der Waals surface area (Å²) < 4.78 is 3.46. The van der Waals surface area contributed by atoms with E-state index in [1.165, 1.54) is 26.7 Å². The molecule has 0 atom stereocenters. The Hall–Kier alpha value is -4.19. The van der Waals surface area contributed by atoms with Crippen LogP contribution in [0.4, 0.5) is 0 Å². The third-order valence-electron chi connectivity index (χ3n) is 5.84. The third-order valence-corrected chi connectivity index (χ3v) is 5.84. The van der Waals surface area contributed by atoms with Crippen molar-refractivity contribution in [2.45, 2.75) is 19.5 Å². The Bertz CT molecular complexity index is 1480. The number of hydrogen-bond acceptors (Lipinski definition) is 3. The summed E-state index contributed by atoms with van der Waals surface area (Å²) in [5.74, 6) is -0.229. The average Bonchev–Trinajstić information content (AvgIpc) is 3.19. The van der Waals surface area contributed by atoms with Crippen molar-refractivity contribution in [3.05, 3.63) is 113 Å². The predicted molar refractivity (Wildman–Crippen MR) is 130 cm³/mol. The van der Waals surface area contributed by atoms with Gasteiger partial charge >= 0.3 is 0 Å². The SMILES string of the molecule is O=C(Cn1ncc2ccccc2c1=O)NCCc1cn(Cc2ccccc2)c2ccccc12. The maximum Gasteiger partial charge on any atom is 0.275 e. The van der Waals surface area contributed by atoms with Crippen LogP contribution in [0.3, 0.4) is 0 Å². The summed E-state index contributed by atoms with van der Waals surface area (Å²) in [6.45, 7) is 1.18. The molecule has 3 aromatic carbocycles. The first-order valence-corrected chi connectivity index (χ1v) is 11.0. The molecule has 1 amide bonds. The smallest absolute Gasteiger partial charge is 0.275 e. The van der Waals surface area contributed by atoms with Gasteiger partial charge in [-0.25, -0.2) is 4.68 Å². The molecule has 0 aliphatic rings. The van der Waals surface area contributed by atoms with E-state index in [0.717, 1.165) is 11.9 Å². The van der Waals surface area contributed by atoms with Crippen molar-refractivity contribution in [2.75, 3.05) is 6.54 Å². The molecular formula is C27H24N4O2. The largest absolute Gasteiger partial charge is 0.354 e. The van der Waals surface area contributed by atoms with E-state index < -0.39 is 0 Å². The number of benzene rings is 3. The minimum atomic E-state index is -0.257. The molecule has 5 rings (SSSR count). The normalized spacial score (nSPS) is 11.2.